The lowest BCUT2D eigenvalue weighted by molar-refractivity contribution is -0.134. The van der Waals surface area contributed by atoms with Crippen LogP contribution >= 0.6 is 0 Å². The van der Waals surface area contributed by atoms with Gasteiger partial charge >= 0.3 is 5.97 Å². The Morgan fingerprint density at radius 2 is 1.33 bits per heavy atom. The quantitative estimate of drug-likeness (QED) is 0.171. The van der Waals surface area contributed by atoms with Crippen molar-refractivity contribution in [1.82, 2.24) is 0 Å². The smallest absolute Gasteiger partial charge is 0.311 e. The average molecular weight is 399 g/mol. The summed E-state index contributed by atoms with van der Waals surface area (Å²) in [7, 11) is -4.40. The molecule has 0 fully saturated rings. The highest BCUT2D eigenvalue weighted by Gasteiger charge is 2.18. The summed E-state index contributed by atoms with van der Waals surface area (Å²) in [6, 6.07) is 5.60. The first kappa shape index (κ1) is 23.6. The Bertz CT molecular complexity index is 640. The summed E-state index contributed by atoms with van der Waals surface area (Å²) in [4.78, 5) is 11.5. The Balaban J connectivity index is 2.09. The van der Waals surface area contributed by atoms with Gasteiger partial charge < -0.3 is 4.74 Å². The molecule has 0 spiro atoms. The molecule has 27 heavy (non-hydrogen) atoms. The molecule has 0 aliphatic heterocycles. The maximum absolute atomic E-state index is 11.9. The van der Waals surface area contributed by atoms with Gasteiger partial charge in [-0.05, 0) is 18.6 Å². The fraction of sp³-hybridized carbons (Fsp3) is 0.667. The maximum atomic E-state index is 11.9. The van der Waals surface area contributed by atoms with E-state index in [-0.39, 0.29) is 17.1 Å². The molecule has 0 saturated carbocycles. The Morgan fingerprint density at radius 1 is 0.852 bits per heavy atom. The second-order valence-corrected chi connectivity index (χ2v) is 8.42. The molecule has 1 aromatic rings. The minimum atomic E-state index is -4.40. The summed E-state index contributed by atoms with van der Waals surface area (Å²) in [5.74, 6) is -0.595. The van der Waals surface area contributed by atoms with Crippen LogP contribution in [0.4, 0.5) is 0 Å². The zero-order chi connectivity index (χ0) is 20.0. The van der Waals surface area contributed by atoms with Crippen molar-refractivity contribution in [2.45, 2.75) is 95.3 Å². The summed E-state index contributed by atoms with van der Waals surface area (Å²) in [5, 5.41) is 0. The zero-order valence-electron chi connectivity index (χ0n) is 16.5. The molecule has 0 aliphatic rings. The van der Waals surface area contributed by atoms with Crippen molar-refractivity contribution in [3.63, 3.8) is 0 Å². The number of rotatable bonds is 15. The third kappa shape index (κ3) is 11.1. The number of esters is 1. The van der Waals surface area contributed by atoms with E-state index in [1.54, 1.807) is 6.07 Å². The van der Waals surface area contributed by atoms with E-state index < -0.39 is 16.1 Å². The summed E-state index contributed by atoms with van der Waals surface area (Å²) in [6.45, 7) is 2.23. The van der Waals surface area contributed by atoms with Gasteiger partial charge in [-0.25, -0.2) is 0 Å². The van der Waals surface area contributed by atoms with E-state index in [1.165, 1.54) is 76.0 Å². The molecule has 154 valence electrons. The minimum absolute atomic E-state index is 0.121. The van der Waals surface area contributed by atoms with Gasteiger partial charge in [0.2, 0.25) is 0 Å². The fourth-order valence-electron chi connectivity index (χ4n) is 3.03. The van der Waals surface area contributed by atoms with Crippen LogP contribution in [0.1, 0.15) is 90.4 Å². The number of ether oxygens (including phenoxy) is 1. The van der Waals surface area contributed by atoms with E-state index in [4.69, 9.17) is 9.29 Å². The molecule has 0 heterocycles. The lowest BCUT2D eigenvalue weighted by Crippen LogP contribution is -2.10. The fourth-order valence-corrected chi connectivity index (χ4v) is 3.65. The first-order valence-corrected chi connectivity index (χ1v) is 11.7. The van der Waals surface area contributed by atoms with Gasteiger partial charge in [0.15, 0.2) is 5.75 Å². The molecule has 0 aliphatic carbocycles. The molecule has 0 aromatic heterocycles. The van der Waals surface area contributed by atoms with Crippen LogP contribution in [0.2, 0.25) is 0 Å². The van der Waals surface area contributed by atoms with E-state index in [1.807, 2.05) is 0 Å². The molecule has 0 radical (unpaired) electrons. The Labute approximate surface area is 164 Å². The third-order valence-electron chi connectivity index (χ3n) is 4.59. The van der Waals surface area contributed by atoms with Crippen LogP contribution in [0.3, 0.4) is 0 Å². The third-order valence-corrected chi connectivity index (χ3v) is 5.48. The van der Waals surface area contributed by atoms with Gasteiger partial charge in [-0.2, -0.15) is 8.42 Å². The number of carbonyl (C=O) groups is 1. The topological polar surface area (TPSA) is 80.7 Å². The van der Waals surface area contributed by atoms with Crippen molar-refractivity contribution in [2.24, 2.45) is 0 Å². The number of carbonyl (C=O) groups excluding carboxylic acids is 1. The van der Waals surface area contributed by atoms with Crippen LogP contribution in [0.5, 0.6) is 5.75 Å². The Hall–Kier alpha value is -1.40. The molecule has 0 amide bonds. The normalized spacial score (nSPS) is 11.5. The van der Waals surface area contributed by atoms with Gasteiger partial charge in [0.25, 0.3) is 10.1 Å². The van der Waals surface area contributed by atoms with Gasteiger partial charge in [0, 0.05) is 6.42 Å². The number of hydrogen-bond acceptors (Lipinski definition) is 4. The molecule has 1 N–H and O–H groups in total. The highest BCUT2D eigenvalue weighted by atomic mass is 32.2. The second-order valence-electron chi connectivity index (χ2n) is 7.03. The van der Waals surface area contributed by atoms with Crippen LogP contribution in [0.15, 0.2) is 29.2 Å². The van der Waals surface area contributed by atoms with Crippen LogP contribution in [-0.2, 0) is 14.9 Å². The number of para-hydroxylation sites is 1. The number of hydrogen-bond donors (Lipinski definition) is 1. The number of benzene rings is 1. The highest BCUT2D eigenvalue weighted by Crippen LogP contribution is 2.23. The lowest BCUT2D eigenvalue weighted by Gasteiger charge is -2.08. The van der Waals surface area contributed by atoms with Crippen molar-refractivity contribution in [3.05, 3.63) is 24.3 Å². The van der Waals surface area contributed by atoms with E-state index >= 15 is 0 Å². The minimum Gasteiger partial charge on any atom is -0.425 e. The van der Waals surface area contributed by atoms with Crippen LogP contribution in [-0.4, -0.2) is 18.9 Å². The monoisotopic (exact) mass is 398 g/mol. The van der Waals surface area contributed by atoms with Crippen molar-refractivity contribution in [1.29, 1.82) is 0 Å². The molecule has 1 aromatic carbocycles. The van der Waals surface area contributed by atoms with E-state index in [2.05, 4.69) is 6.92 Å². The molecule has 0 atom stereocenters. The van der Waals surface area contributed by atoms with Gasteiger partial charge in [0.1, 0.15) is 4.90 Å². The van der Waals surface area contributed by atoms with Gasteiger partial charge in [-0.15, -0.1) is 0 Å². The first-order valence-electron chi connectivity index (χ1n) is 10.2. The Kier molecular flexibility index (Phi) is 12.0. The van der Waals surface area contributed by atoms with Crippen LogP contribution in [0.25, 0.3) is 0 Å². The predicted octanol–water partition coefficient (Wildman–Crippen LogP) is 5.93. The van der Waals surface area contributed by atoms with Gasteiger partial charge in [-0.1, -0.05) is 89.7 Å². The Morgan fingerprint density at radius 3 is 1.85 bits per heavy atom. The second kappa shape index (κ2) is 13.7. The molecule has 1 rings (SSSR count). The molecule has 0 saturated heterocycles. The van der Waals surface area contributed by atoms with Crippen LogP contribution < -0.4 is 4.74 Å². The highest BCUT2D eigenvalue weighted by molar-refractivity contribution is 7.86. The molecular weight excluding hydrogens is 364 g/mol. The summed E-state index contributed by atoms with van der Waals surface area (Å²) in [6.07, 6.45) is 14.8. The summed E-state index contributed by atoms with van der Waals surface area (Å²) >= 11 is 0. The summed E-state index contributed by atoms with van der Waals surface area (Å²) in [5.41, 5.74) is 0. The maximum Gasteiger partial charge on any atom is 0.311 e. The molecule has 0 bridgehead atoms. The molecule has 6 heteroatoms. The van der Waals surface area contributed by atoms with Gasteiger partial charge in [0.05, 0.1) is 0 Å². The van der Waals surface area contributed by atoms with Gasteiger partial charge in [-0.3, -0.25) is 9.35 Å². The van der Waals surface area contributed by atoms with E-state index in [0.29, 0.717) is 0 Å². The predicted molar refractivity (Wildman–Crippen MR) is 108 cm³/mol. The first-order chi connectivity index (χ1) is 12.9. The molecular formula is C21H34O5S. The van der Waals surface area contributed by atoms with Crippen LogP contribution in [0, 0.1) is 0 Å². The van der Waals surface area contributed by atoms with Crippen molar-refractivity contribution in [3.8, 4) is 5.75 Å². The summed E-state index contributed by atoms with van der Waals surface area (Å²) < 4.78 is 36.8. The van der Waals surface area contributed by atoms with E-state index in [9.17, 15) is 13.2 Å². The van der Waals surface area contributed by atoms with Crippen molar-refractivity contribution in [2.75, 3.05) is 0 Å². The molecule has 0 unspecified atom stereocenters. The zero-order valence-corrected chi connectivity index (χ0v) is 17.3. The molecule has 5 nitrogen and oxygen atoms in total. The van der Waals surface area contributed by atoms with Crippen molar-refractivity contribution >= 4 is 16.1 Å². The lowest BCUT2D eigenvalue weighted by atomic mass is 10.0. The average Bonchev–Trinajstić information content (AvgIpc) is 2.62. The van der Waals surface area contributed by atoms with Crippen molar-refractivity contribution < 1.29 is 22.5 Å². The largest absolute Gasteiger partial charge is 0.425 e. The number of unbranched alkanes of at least 4 members (excludes halogenated alkanes) is 11. The SMILES string of the molecule is CCCCCCCCCCCCCCC(=O)Oc1ccccc1S(=O)(=O)O. The standard InChI is InChI=1S/C21H34O5S/c1-2-3-4-5-6-7-8-9-10-11-12-13-18-21(22)26-19-16-14-15-17-20(19)27(23,24)25/h14-17H,2-13,18H2,1H3,(H,23,24,25). The van der Waals surface area contributed by atoms with E-state index in [0.717, 1.165) is 19.3 Å².